The fraction of sp³-hybridized carbons (Fsp3) is 0.526. The van der Waals surface area contributed by atoms with Crippen LogP contribution >= 0.6 is 0 Å². The van der Waals surface area contributed by atoms with Crippen LogP contribution in [-0.4, -0.2) is 37.5 Å². The zero-order valence-electron chi connectivity index (χ0n) is 14.6. The summed E-state index contributed by atoms with van der Waals surface area (Å²) in [5.74, 6) is 1.52. The maximum atomic E-state index is 12.7. The zero-order valence-corrected chi connectivity index (χ0v) is 14.6. The van der Waals surface area contributed by atoms with Crippen LogP contribution in [0.5, 0.6) is 0 Å². The van der Waals surface area contributed by atoms with Gasteiger partial charge >= 0.3 is 6.03 Å². The molecule has 2 aromatic rings. The molecule has 6 nitrogen and oxygen atoms in total. The van der Waals surface area contributed by atoms with E-state index in [1.165, 1.54) is 19.3 Å². The van der Waals surface area contributed by atoms with E-state index in [2.05, 4.69) is 27.1 Å². The Labute approximate surface area is 148 Å². The number of rotatable bonds is 3. The third kappa shape index (κ3) is 3.25. The van der Waals surface area contributed by atoms with E-state index < -0.39 is 0 Å². The summed E-state index contributed by atoms with van der Waals surface area (Å²) in [6.07, 6.45) is 13.3. The van der Waals surface area contributed by atoms with E-state index in [4.69, 9.17) is 0 Å². The summed E-state index contributed by atoms with van der Waals surface area (Å²) in [4.78, 5) is 23.3. The fourth-order valence-corrected chi connectivity index (χ4v) is 4.40. The van der Waals surface area contributed by atoms with Crippen LogP contribution < -0.4 is 5.32 Å². The van der Waals surface area contributed by atoms with Crippen LogP contribution in [0.15, 0.2) is 37.1 Å². The summed E-state index contributed by atoms with van der Waals surface area (Å²) in [6, 6.07) is 4.79. The first kappa shape index (κ1) is 16.1. The number of urea groups is 1. The molecule has 1 aliphatic carbocycles. The summed E-state index contributed by atoms with van der Waals surface area (Å²) >= 11 is 0. The van der Waals surface area contributed by atoms with Gasteiger partial charge in [-0.1, -0.05) is 18.9 Å². The highest BCUT2D eigenvalue weighted by Gasteiger charge is 2.42. The fourth-order valence-electron chi connectivity index (χ4n) is 4.40. The van der Waals surface area contributed by atoms with E-state index >= 15 is 0 Å². The molecule has 2 aliphatic rings. The van der Waals surface area contributed by atoms with Crippen molar-refractivity contribution in [1.82, 2.24) is 24.8 Å². The maximum Gasteiger partial charge on any atom is 0.318 e. The van der Waals surface area contributed by atoms with Crippen molar-refractivity contribution in [1.29, 1.82) is 0 Å². The smallest absolute Gasteiger partial charge is 0.318 e. The molecule has 0 aromatic carbocycles. The van der Waals surface area contributed by atoms with Crippen molar-refractivity contribution in [3.05, 3.63) is 42.6 Å². The second kappa shape index (κ2) is 6.86. The molecule has 3 atom stereocenters. The number of carbonyl (C=O) groups excluding carboxylic acids is 1. The van der Waals surface area contributed by atoms with E-state index in [1.807, 2.05) is 29.1 Å². The standard InChI is InChI=1S/C19H25N5O/c1-14-10-16-4-2-3-5-17(16)24(14)19(25)22-12-15-6-7-18(21-11-15)23-9-8-20-13-23/h6-9,11,13-14,16-17H,2-5,10,12H2,1H3,(H,22,25). The first-order valence-corrected chi connectivity index (χ1v) is 9.22. The molecule has 3 heterocycles. The van der Waals surface area contributed by atoms with Crippen LogP contribution in [0, 0.1) is 5.92 Å². The molecule has 0 spiro atoms. The SMILES string of the molecule is CC1CC2CCCCC2N1C(=O)NCc1ccc(-n2ccnc2)nc1. The minimum atomic E-state index is 0.0700. The molecule has 2 amide bonds. The second-order valence-electron chi connectivity index (χ2n) is 7.26. The Kier molecular flexibility index (Phi) is 4.42. The summed E-state index contributed by atoms with van der Waals surface area (Å²) in [5.41, 5.74) is 1.00. The number of pyridine rings is 1. The predicted octanol–water partition coefficient (Wildman–Crippen LogP) is 3.13. The predicted molar refractivity (Wildman–Crippen MR) is 95.3 cm³/mol. The van der Waals surface area contributed by atoms with Crippen molar-refractivity contribution >= 4 is 6.03 Å². The number of hydrogen-bond donors (Lipinski definition) is 1. The lowest BCUT2D eigenvalue weighted by atomic mass is 9.85. The van der Waals surface area contributed by atoms with Gasteiger partial charge in [-0.2, -0.15) is 0 Å². The van der Waals surface area contributed by atoms with Crippen LogP contribution in [0.1, 0.15) is 44.6 Å². The lowest BCUT2D eigenvalue weighted by Gasteiger charge is -2.33. The minimum Gasteiger partial charge on any atom is -0.334 e. The van der Waals surface area contributed by atoms with Crippen LogP contribution in [0.2, 0.25) is 0 Å². The Morgan fingerprint density at radius 2 is 2.20 bits per heavy atom. The molecule has 4 rings (SSSR count). The Hall–Kier alpha value is -2.37. The average molecular weight is 339 g/mol. The molecule has 1 saturated carbocycles. The second-order valence-corrected chi connectivity index (χ2v) is 7.26. The minimum absolute atomic E-state index is 0.0700. The average Bonchev–Trinajstić information content (AvgIpc) is 3.27. The number of nitrogens with one attached hydrogen (secondary N) is 1. The summed E-state index contributed by atoms with van der Waals surface area (Å²) in [6.45, 7) is 2.69. The quantitative estimate of drug-likeness (QED) is 0.934. The molecule has 2 aromatic heterocycles. The number of imidazole rings is 1. The molecule has 25 heavy (non-hydrogen) atoms. The van der Waals surface area contributed by atoms with Gasteiger partial charge in [-0.25, -0.2) is 14.8 Å². The van der Waals surface area contributed by atoms with Crippen LogP contribution in [0.4, 0.5) is 4.79 Å². The Bertz CT molecular complexity index is 712. The molecule has 0 radical (unpaired) electrons. The van der Waals surface area contributed by atoms with Crippen molar-refractivity contribution in [2.24, 2.45) is 5.92 Å². The number of hydrogen-bond acceptors (Lipinski definition) is 3. The number of amides is 2. The third-order valence-corrected chi connectivity index (χ3v) is 5.60. The van der Waals surface area contributed by atoms with Gasteiger partial charge in [0.25, 0.3) is 0 Å². The Morgan fingerprint density at radius 1 is 1.32 bits per heavy atom. The molecule has 6 heteroatoms. The molecule has 2 fully saturated rings. The van der Waals surface area contributed by atoms with Crippen LogP contribution in [-0.2, 0) is 6.54 Å². The van der Waals surface area contributed by atoms with Gasteiger partial charge in [-0.05, 0) is 43.7 Å². The van der Waals surface area contributed by atoms with Gasteiger partial charge < -0.3 is 10.2 Å². The van der Waals surface area contributed by atoms with Crippen LogP contribution in [0.3, 0.4) is 0 Å². The molecular formula is C19H25N5O. The first-order valence-electron chi connectivity index (χ1n) is 9.22. The molecule has 1 saturated heterocycles. The maximum absolute atomic E-state index is 12.7. The Balaban J connectivity index is 1.37. The summed E-state index contributed by atoms with van der Waals surface area (Å²) in [7, 11) is 0. The number of likely N-dealkylation sites (tertiary alicyclic amines) is 1. The van der Waals surface area contributed by atoms with E-state index in [1.54, 1.807) is 12.5 Å². The lowest BCUT2D eigenvalue weighted by molar-refractivity contribution is 0.155. The molecule has 132 valence electrons. The highest BCUT2D eigenvalue weighted by atomic mass is 16.2. The Morgan fingerprint density at radius 3 is 2.96 bits per heavy atom. The number of carbonyl (C=O) groups is 1. The van der Waals surface area contributed by atoms with Gasteiger partial charge in [0, 0.05) is 37.2 Å². The molecule has 1 aliphatic heterocycles. The van der Waals surface area contributed by atoms with Crippen molar-refractivity contribution in [2.75, 3.05) is 0 Å². The van der Waals surface area contributed by atoms with Gasteiger partial charge in [0.2, 0.25) is 0 Å². The van der Waals surface area contributed by atoms with E-state index in [-0.39, 0.29) is 6.03 Å². The third-order valence-electron chi connectivity index (χ3n) is 5.60. The van der Waals surface area contributed by atoms with Gasteiger partial charge in [0.1, 0.15) is 12.1 Å². The number of fused-ring (bicyclic) bond motifs is 1. The molecular weight excluding hydrogens is 314 g/mol. The monoisotopic (exact) mass is 339 g/mol. The number of nitrogens with zero attached hydrogens (tertiary/aromatic N) is 4. The highest BCUT2D eigenvalue weighted by molar-refractivity contribution is 5.75. The van der Waals surface area contributed by atoms with Crippen molar-refractivity contribution < 1.29 is 4.79 Å². The van der Waals surface area contributed by atoms with Crippen molar-refractivity contribution in [2.45, 2.75) is 57.7 Å². The largest absolute Gasteiger partial charge is 0.334 e. The highest BCUT2D eigenvalue weighted by Crippen LogP contribution is 2.39. The molecule has 1 N–H and O–H groups in total. The van der Waals surface area contributed by atoms with Gasteiger partial charge in [-0.3, -0.25) is 4.57 Å². The molecule has 3 unspecified atom stereocenters. The van der Waals surface area contributed by atoms with Gasteiger partial charge in [0.15, 0.2) is 0 Å². The summed E-state index contributed by atoms with van der Waals surface area (Å²) in [5, 5.41) is 3.09. The van der Waals surface area contributed by atoms with Gasteiger partial charge in [-0.15, -0.1) is 0 Å². The van der Waals surface area contributed by atoms with E-state index in [0.29, 0.717) is 24.5 Å². The van der Waals surface area contributed by atoms with Gasteiger partial charge in [0.05, 0.1) is 0 Å². The normalized spacial score (nSPS) is 25.6. The van der Waals surface area contributed by atoms with E-state index in [0.717, 1.165) is 24.2 Å². The number of aromatic nitrogens is 3. The zero-order chi connectivity index (χ0) is 17.2. The first-order chi connectivity index (χ1) is 12.2. The van der Waals surface area contributed by atoms with E-state index in [9.17, 15) is 4.79 Å². The summed E-state index contributed by atoms with van der Waals surface area (Å²) < 4.78 is 1.86. The van der Waals surface area contributed by atoms with Crippen molar-refractivity contribution in [3.63, 3.8) is 0 Å². The van der Waals surface area contributed by atoms with Crippen molar-refractivity contribution in [3.8, 4) is 5.82 Å². The topological polar surface area (TPSA) is 63.1 Å². The lowest BCUT2D eigenvalue weighted by Crippen LogP contribution is -2.47. The molecule has 0 bridgehead atoms. The van der Waals surface area contributed by atoms with Crippen LogP contribution in [0.25, 0.3) is 5.82 Å².